The summed E-state index contributed by atoms with van der Waals surface area (Å²) < 4.78 is 3.44. The third-order valence-electron chi connectivity index (χ3n) is 6.87. The molecule has 178 valence electrons. The molecule has 2 fully saturated rings. The van der Waals surface area contributed by atoms with Gasteiger partial charge in [0.05, 0.1) is 10.9 Å². The molecule has 0 spiro atoms. The number of carbonyl (C=O) groups is 2. The smallest absolute Gasteiger partial charge is 0.248 e. The summed E-state index contributed by atoms with van der Waals surface area (Å²) in [6, 6.07) is 8.86. The Hall–Kier alpha value is -3.05. The van der Waals surface area contributed by atoms with Crippen molar-refractivity contribution in [2.45, 2.75) is 38.4 Å². The topological polar surface area (TPSA) is 119 Å². The van der Waals surface area contributed by atoms with E-state index >= 15 is 0 Å². The van der Waals surface area contributed by atoms with Crippen molar-refractivity contribution < 1.29 is 9.59 Å². The second kappa shape index (κ2) is 8.27. The minimum Gasteiger partial charge on any atom is -0.383 e. The van der Waals surface area contributed by atoms with E-state index < -0.39 is 6.04 Å². The molecule has 3 aromatic heterocycles. The molecule has 6 rings (SSSR count). The highest BCUT2D eigenvalue weighted by atomic mass is 79.9. The van der Waals surface area contributed by atoms with E-state index in [1.54, 1.807) is 23.1 Å². The lowest BCUT2D eigenvalue weighted by molar-refractivity contribution is -0.138. The summed E-state index contributed by atoms with van der Waals surface area (Å²) in [7, 11) is 0. The van der Waals surface area contributed by atoms with Gasteiger partial charge < -0.3 is 20.5 Å². The monoisotopic (exact) mass is 597 g/mol. The van der Waals surface area contributed by atoms with Crippen LogP contribution >= 0.6 is 31.9 Å². The summed E-state index contributed by atoms with van der Waals surface area (Å²) in [5.41, 5.74) is 8.70. The zero-order valence-electron chi connectivity index (χ0n) is 18.7. The molecule has 1 aliphatic heterocycles. The highest BCUT2D eigenvalue weighted by Gasteiger charge is 2.56. The van der Waals surface area contributed by atoms with Gasteiger partial charge in [-0.2, -0.15) is 0 Å². The van der Waals surface area contributed by atoms with Gasteiger partial charge in [-0.25, -0.2) is 15.0 Å². The Morgan fingerprint density at radius 1 is 1.20 bits per heavy atom. The predicted octanol–water partition coefficient (Wildman–Crippen LogP) is 4.02. The molecule has 1 aromatic carbocycles. The van der Waals surface area contributed by atoms with Crippen molar-refractivity contribution in [3.63, 3.8) is 0 Å². The van der Waals surface area contributed by atoms with Crippen LogP contribution in [0, 0.1) is 12.8 Å². The Labute approximate surface area is 217 Å². The van der Waals surface area contributed by atoms with E-state index in [1.165, 1.54) is 6.33 Å². The number of nitrogens with zero attached hydrogens (tertiary/aromatic N) is 5. The third-order valence-corrected chi connectivity index (χ3v) is 7.77. The molecule has 0 radical (unpaired) electrons. The van der Waals surface area contributed by atoms with Crippen molar-refractivity contribution >= 4 is 77.2 Å². The molecular formula is C24H21Br2N7O2. The fourth-order valence-electron chi connectivity index (χ4n) is 5.35. The zero-order valence-corrected chi connectivity index (χ0v) is 21.9. The number of anilines is 2. The maximum Gasteiger partial charge on any atom is 0.248 e. The molecular weight excluding hydrogens is 578 g/mol. The van der Waals surface area contributed by atoms with Gasteiger partial charge in [0.15, 0.2) is 0 Å². The van der Waals surface area contributed by atoms with Crippen molar-refractivity contribution in [2.24, 2.45) is 5.92 Å². The van der Waals surface area contributed by atoms with Gasteiger partial charge in [0.25, 0.3) is 0 Å². The number of carbonyl (C=O) groups excluding carboxylic acids is 2. The summed E-state index contributed by atoms with van der Waals surface area (Å²) in [5.74, 6) is 0.846. The van der Waals surface area contributed by atoms with E-state index in [9.17, 15) is 9.59 Å². The van der Waals surface area contributed by atoms with Crippen LogP contribution in [0.2, 0.25) is 0 Å². The number of pyridine rings is 1. The Morgan fingerprint density at radius 2 is 2.03 bits per heavy atom. The molecule has 0 unspecified atom stereocenters. The Kier molecular flexibility index (Phi) is 5.29. The van der Waals surface area contributed by atoms with Crippen LogP contribution in [0.3, 0.4) is 0 Å². The van der Waals surface area contributed by atoms with Gasteiger partial charge in [0.1, 0.15) is 40.8 Å². The van der Waals surface area contributed by atoms with E-state index in [0.717, 1.165) is 32.7 Å². The van der Waals surface area contributed by atoms with Gasteiger partial charge in [0, 0.05) is 15.9 Å². The molecule has 1 saturated carbocycles. The number of benzene rings is 1. The maximum atomic E-state index is 13.7. The van der Waals surface area contributed by atoms with Crippen LogP contribution in [-0.4, -0.2) is 48.3 Å². The van der Waals surface area contributed by atoms with Crippen LogP contribution in [0.15, 0.2) is 45.7 Å². The van der Waals surface area contributed by atoms with Crippen molar-refractivity contribution in [3.05, 3.63) is 51.3 Å². The number of nitrogens with one attached hydrogen (secondary N) is 1. The number of halogens is 2. The summed E-state index contributed by atoms with van der Waals surface area (Å²) in [6.45, 7) is 2.05. The highest BCUT2D eigenvalue weighted by Crippen LogP contribution is 2.48. The standard InChI is InChI=1S/C24H21Br2N7O2/c1-11-5-13(25)8-14-20-22(27)28-10-29-23(20)32(21(11)14)9-19(34)33-15-6-12(15)7-16(33)24(35)31-18-4-2-3-17(26)30-18/h2-5,8,10,12,15-16H,6-7,9H2,1H3,(H2,27,28,29)(H,30,31,35)/t12-,15-,16+/m1/s1. The van der Waals surface area contributed by atoms with Crippen LogP contribution in [0.5, 0.6) is 0 Å². The summed E-state index contributed by atoms with van der Waals surface area (Å²) >= 11 is 6.88. The fraction of sp³-hybridized carbons (Fsp3) is 0.292. The molecule has 35 heavy (non-hydrogen) atoms. The molecule has 0 bridgehead atoms. The minimum atomic E-state index is -0.532. The van der Waals surface area contributed by atoms with Gasteiger partial charge in [-0.3, -0.25) is 9.59 Å². The largest absolute Gasteiger partial charge is 0.383 e. The van der Waals surface area contributed by atoms with E-state index in [0.29, 0.717) is 34.2 Å². The lowest BCUT2D eigenvalue weighted by Gasteiger charge is -2.27. The predicted molar refractivity (Wildman–Crippen MR) is 140 cm³/mol. The van der Waals surface area contributed by atoms with Gasteiger partial charge in [-0.1, -0.05) is 22.0 Å². The van der Waals surface area contributed by atoms with Gasteiger partial charge in [-0.05, 0) is 71.4 Å². The third kappa shape index (κ3) is 3.77. The molecule has 3 N–H and O–H groups in total. The van der Waals surface area contributed by atoms with Gasteiger partial charge in [0.2, 0.25) is 11.8 Å². The molecule has 4 heterocycles. The summed E-state index contributed by atoms with van der Waals surface area (Å²) in [4.78, 5) is 41.6. The highest BCUT2D eigenvalue weighted by molar-refractivity contribution is 9.10. The minimum absolute atomic E-state index is 0.0566. The molecule has 1 aliphatic carbocycles. The first-order valence-corrected chi connectivity index (χ1v) is 12.8. The quantitative estimate of drug-likeness (QED) is 0.342. The van der Waals surface area contributed by atoms with Crippen molar-refractivity contribution in [3.8, 4) is 0 Å². The number of hydrogen-bond donors (Lipinski definition) is 2. The number of aryl methyl sites for hydroxylation is 1. The Balaban J connectivity index is 1.35. The number of fused-ring (bicyclic) bond motifs is 4. The number of aromatic nitrogens is 4. The SMILES string of the molecule is Cc1cc(Br)cc2c3c(N)ncnc3n(CC(=O)N3[C@@H]4C[C@@H]4C[C@H]3C(=O)Nc3cccc(Br)n3)c12. The van der Waals surface area contributed by atoms with Crippen molar-refractivity contribution in [1.82, 2.24) is 24.4 Å². The summed E-state index contributed by atoms with van der Waals surface area (Å²) in [6.07, 6.45) is 3.00. The maximum absolute atomic E-state index is 13.7. The number of rotatable bonds is 4. The van der Waals surface area contributed by atoms with Crippen molar-refractivity contribution in [2.75, 3.05) is 11.1 Å². The molecule has 3 atom stereocenters. The molecule has 2 aliphatic rings. The molecule has 9 nitrogen and oxygen atoms in total. The van der Waals surface area contributed by atoms with Gasteiger partial charge >= 0.3 is 0 Å². The number of piperidine rings is 1. The number of nitrogens with two attached hydrogens (primary N) is 1. The first-order chi connectivity index (χ1) is 16.8. The molecule has 2 amide bonds. The number of amides is 2. The first kappa shape index (κ1) is 22.4. The van der Waals surface area contributed by atoms with Crippen LogP contribution in [0.25, 0.3) is 21.9 Å². The van der Waals surface area contributed by atoms with E-state index in [1.807, 2.05) is 23.6 Å². The number of nitrogen functional groups attached to an aromatic ring is 1. The average molecular weight is 599 g/mol. The second-order valence-corrected chi connectivity index (χ2v) is 10.8. The van der Waals surface area contributed by atoms with Crippen LogP contribution in [0.1, 0.15) is 18.4 Å². The van der Waals surface area contributed by atoms with E-state index in [4.69, 9.17) is 5.73 Å². The normalized spacial score (nSPS) is 20.9. The Bertz CT molecular complexity index is 1540. The number of hydrogen-bond acceptors (Lipinski definition) is 6. The van der Waals surface area contributed by atoms with E-state index in [2.05, 4.69) is 52.1 Å². The molecule has 11 heteroatoms. The first-order valence-electron chi connectivity index (χ1n) is 11.2. The van der Waals surface area contributed by atoms with Gasteiger partial charge in [-0.15, -0.1) is 0 Å². The average Bonchev–Trinajstić information content (AvgIpc) is 3.34. The van der Waals surface area contributed by atoms with Crippen LogP contribution in [0.4, 0.5) is 11.6 Å². The van der Waals surface area contributed by atoms with Crippen molar-refractivity contribution in [1.29, 1.82) is 0 Å². The van der Waals surface area contributed by atoms with Crippen LogP contribution in [-0.2, 0) is 16.1 Å². The lowest BCUT2D eigenvalue weighted by Crippen LogP contribution is -2.46. The second-order valence-electron chi connectivity index (χ2n) is 9.11. The zero-order chi connectivity index (χ0) is 24.4. The van der Waals surface area contributed by atoms with E-state index in [-0.39, 0.29) is 24.4 Å². The lowest BCUT2D eigenvalue weighted by atomic mass is 10.1. The molecule has 4 aromatic rings. The Morgan fingerprint density at radius 3 is 2.83 bits per heavy atom. The molecule has 1 saturated heterocycles. The number of likely N-dealkylation sites (tertiary alicyclic amines) is 1. The summed E-state index contributed by atoms with van der Waals surface area (Å²) in [5, 5.41) is 4.48. The fourth-order valence-corrected chi connectivity index (χ4v) is 6.27. The van der Waals surface area contributed by atoms with Crippen LogP contribution < -0.4 is 11.1 Å².